The van der Waals surface area contributed by atoms with Crippen molar-refractivity contribution in [1.29, 1.82) is 0 Å². The number of fused-ring (bicyclic) bond motifs is 2. The van der Waals surface area contributed by atoms with Crippen molar-refractivity contribution in [3.8, 4) is 11.3 Å². The minimum Gasteiger partial charge on any atom is -0.368 e. The van der Waals surface area contributed by atoms with Gasteiger partial charge in [0.15, 0.2) is 5.65 Å². The average Bonchev–Trinajstić information content (AvgIpc) is 3.18. The summed E-state index contributed by atoms with van der Waals surface area (Å²) in [6.45, 7) is 5.26. The topological polar surface area (TPSA) is 58.0 Å². The fourth-order valence-corrected chi connectivity index (χ4v) is 2.69. The van der Waals surface area contributed by atoms with Gasteiger partial charge in [-0.25, -0.2) is 9.50 Å². The van der Waals surface area contributed by atoms with E-state index in [4.69, 9.17) is 0 Å². The van der Waals surface area contributed by atoms with Gasteiger partial charge in [0.25, 0.3) is 0 Å². The third-order valence-corrected chi connectivity index (χ3v) is 3.90. The third kappa shape index (κ3) is 2.54. The Labute approximate surface area is 134 Å². The smallest absolute Gasteiger partial charge is 0.154 e. The number of aromatic nitrogens is 4. The summed E-state index contributed by atoms with van der Waals surface area (Å²) >= 11 is 0. The molecule has 116 valence electrons. The zero-order valence-corrected chi connectivity index (χ0v) is 13.2. The van der Waals surface area contributed by atoms with E-state index in [0.29, 0.717) is 5.92 Å². The summed E-state index contributed by atoms with van der Waals surface area (Å²) in [4.78, 5) is 7.68. The van der Waals surface area contributed by atoms with Crippen molar-refractivity contribution >= 4 is 22.4 Å². The van der Waals surface area contributed by atoms with Crippen LogP contribution in [-0.2, 0) is 0 Å². The Kier molecular flexibility index (Phi) is 3.26. The first kappa shape index (κ1) is 13.8. The molecule has 1 aromatic carbocycles. The van der Waals surface area contributed by atoms with Crippen molar-refractivity contribution in [3.05, 3.63) is 48.8 Å². The van der Waals surface area contributed by atoms with Gasteiger partial charge in [0, 0.05) is 29.2 Å². The fourth-order valence-electron chi connectivity index (χ4n) is 2.69. The fraction of sp³-hybridized carbons (Fsp3) is 0.222. The third-order valence-electron chi connectivity index (χ3n) is 3.90. The molecule has 0 spiro atoms. The lowest BCUT2D eigenvalue weighted by molar-refractivity contribution is 0.685. The molecule has 0 saturated carbocycles. The summed E-state index contributed by atoms with van der Waals surface area (Å²) in [5.41, 5.74) is 4.09. The van der Waals surface area contributed by atoms with Crippen LogP contribution in [0.4, 0.5) is 5.82 Å². The number of hydrogen-bond acceptors (Lipinski definition) is 3. The van der Waals surface area contributed by atoms with Crippen molar-refractivity contribution in [2.24, 2.45) is 5.92 Å². The monoisotopic (exact) mass is 305 g/mol. The van der Waals surface area contributed by atoms with E-state index >= 15 is 0 Å². The van der Waals surface area contributed by atoms with Crippen molar-refractivity contribution < 1.29 is 0 Å². The first-order valence-electron chi connectivity index (χ1n) is 7.87. The minimum absolute atomic E-state index is 0.575. The van der Waals surface area contributed by atoms with Crippen molar-refractivity contribution in [2.45, 2.75) is 13.8 Å². The number of imidazole rings is 1. The van der Waals surface area contributed by atoms with Crippen LogP contribution in [-0.4, -0.2) is 26.1 Å². The van der Waals surface area contributed by atoms with Crippen molar-refractivity contribution in [2.75, 3.05) is 11.9 Å². The van der Waals surface area contributed by atoms with Crippen LogP contribution in [0.2, 0.25) is 0 Å². The summed E-state index contributed by atoms with van der Waals surface area (Å²) < 4.78 is 1.90. The van der Waals surface area contributed by atoms with Crippen LogP contribution in [0, 0.1) is 5.92 Å². The van der Waals surface area contributed by atoms with Gasteiger partial charge in [-0.2, -0.15) is 0 Å². The zero-order valence-electron chi connectivity index (χ0n) is 13.2. The molecule has 0 fully saturated rings. The highest BCUT2D eigenvalue weighted by molar-refractivity contribution is 5.84. The Bertz CT molecular complexity index is 964. The van der Waals surface area contributed by atoms with Crippen LogP contribution in [0.1, 0.15) is 13.8 Å². The second kappa shape index (κ2) is 5.43. The van der Waals surface area contributed by atoms with E-state index in [1.165, 1.54) is 5.39 Å². The number of hydrogen-bond donors (Lipinski definition) is 2. The number of nitrogens with one attached hydrogen (secondary N) is 2. The molecule has 0 saturated heterocycles. The molecule has 0 radical (unpaired) electrons. The Morgan fingerprint density at radius 2 is 2.09 bits per heavy atom. The molecule has 3 aromatic heterocycles. The highest BCUT2D eigenvalue weighted by Gasteiger charge is 2.09. The summed E-state index contributed by atoms with van der Waals surface area (Å²) in [7, 11) is 0. The molecule has 0 amide bonds. The van der Waals surface area contributed by atoms with Gasteiger partial charge in [-0.05, 0) is 36.2 Å². The van der Waals surface area contributed by atoms with Crippen LogP contribution in [0.15, 0.2) is 48.8 Å². The van der Waals surface area contributed by atoms with E-state index in [-0.39, 0.29) is 0 Å². The molecule has 23 heavy (non-hydrogen) atoms. The lowest BCUT2D eigenvalue weighted by Crippen LogP contribution is -2.10. The van der Waals surface area contributed by atoms with Gasteiger partial charge >= 0.3 is 0 Å². The number of rotatable bonds is 4. The molecule has 0 atom stereocenters. The summed E-state index contributed by atoms with van der Waals surface area (Å²) in [5.74, 6) is 1.44. The molecule has 0 aliphatic heterocycles. The molecular weight excluding hydrogens is 286 g/mol. The van der Waals surface area contributed by atoms with Crippen LogP contribution < -0.4 is 5.32 Å². The minimum atomic E-state index is 0.575. The standard InChI is InChI=1S/C18H19N5/c1-12(2)10-20-17-5-6-18-21-11-16(23(18)22-17)14-3-4-15-13(9-14)7-8-19-15/h3-9,11-12,19H,10H2,1-2H3,(H,20,22). The maximum Gasteiger partial charge on any atom is 0.154 e. The molecule has 5 heteroatoms. The first-order valence-corrected chi connectivity index (χ1v) is 7.87. The van der Waals surface area contributed by atoms with Crippen LogP contribution in [0.25, 0.3) is 27.8 Å². The molecule has 0 aliphatic carbocycles. The van der Waals surface area contributed by atoms with Gasteiger partial charge in [0.1, 0.15) is 5.82 Å². The molecule has 0 bridgehead atoms. The SMILES string of the molecule is CC(C)CNc1ccc2ncc(-c3ccc4[nH]ccc4c3)n2n1. The van der Waals surface area contributed by atoms with Crippen molar-refractivity contribution in [1.82, 2.24) is 19.6 Å². The summed E-state index contributed by atoms with van der Waals surface area (Å²) in [6, 6.07) is 12.4. The van der Waals surface area contributed by atoms with E-state index in [9.17, 15) is 0 Å². The number of anilines is 1. The first-order chi connectivity index (χ1) is 11.2. The van der Waals surface area contributed by atoms with Gasteiger partial charge in [-0.1, -0.05) is 19.9 Å². The predicted octanol–water partition coefficient (Wildman–Crippen LogP) is 3.95. The van der Waals surface area contributed by atoms with Gasteiger partial charge in [-0.15, -0.1) is 5.10 Å². The van der Waals surface area contributed by atoms with E-state index < -0.39 is 0 Å². The van der Waals surface area contributed by atoms with E-state index in [0.717, 1.165) is 34.8 Å². The van der Waals surface area contributed by atoms with Crippen LogP contribution in [0.5, 0.6) is 0 Å². The quantitative estimate of drug-likeness (QED) is 0.600. The van der Waals surface area contributed by atoms with E-state index in [1.807, 2.05) is 29.0 Å². The summed E-state index contributed by atoms with van der Waals surface area (Å²) in [6.07, 6.45) is 3.83. The Hall–Kier alpha value is -2.82. The Morgan fingerprint density at radius 3 is 2.96 bits per heavy atom. The second-order valence-corrected chi connectivity index (χ2v) is 6.19. The maximum atomic E-state index is 4.69. The highest BCUT2D eigenvalue weighted by atomic mass is 15.3. The van der Waals surface area contributed by atoms with Crippen LogP contribution in [0.3, 0.4) is 0 Å². The Balaban J connectivity index is 1.77. The van der Waals surface area contributed by atoms with Crippen molar-refractivity contribution in [3.63, 3.8) is 0 Å². The molecule has 3 heterocycles. The normalized spacial score (nSPS) is 11.6. The molecule has 0 unspecified atom stereocenters. The predicted molar refractivity (Wildman–Crippen MR) is 93.6 cm³/mol. The summed E-state index contributed by atoms with van der Waals surface area (Å²) in [5, 5.41) is 9.24. The van der Waals surface area contributed by atoms with Crippen LogP contribution >= 0.6 is 0 Å². The molecule has 0 aliphatic rings. The van der Waals surface area contributed by atoms with E-state index in [1.54, 1.807) is 0 Å². The van der Waals surface area contributed by atoms with Gasteiger partial charge in [-0.3, -0.25) is 0 Å². The number of H-pyrrole nitrogens is 1. The molecule has 4 aromatic rings. The van der Waals surface area contributed by atoms with Gasteiger partial charge < -0.3 is 10.3 Å². The van der Waals surface area contributed by atoms with Gasteiger partial charge in [0.2, 0.25) is 0 Å². The molecule has 4 rings (SSSR count). The number of aromatic amines is 1. The second-order valence-electron chi connectivity index (χ2n) is 6.19. The zero-order chi connectivity index (χ0) is 15.8. The average molecular weight is 305 g/mol. The lowest BCUT2D eigenvalue weighted by Gasteiger charge is -2.09. The van der Waals surface area contributed by atoms with E-state index in [2.05, 4.69) is 58.5 Å². The Morgan fingerprint density at radius 1 is 1.17 bits per heavy atom. The number of nitrogens with zero attached hydrogens (tertiary/aromatic N) is 3. The largest absolute Gasteiger partial charge is 0.368 e. The molecular formula is C18H19N5. The molecule has 2 N–H and O–H groups in total. The maximum absolute atomic E-state index is 4.69. The molecule has 5 nitrogen and oxygen atoms in total. The van der Waals surface area contributed by atoms with Gasteiger partial charge in [0.05, 0.1) is 11.9 Å². The lowest BCUT2D eigenvalue weighted by atomic mass is 10.1. The number of benzene rings is 1. The highest BCUT2D eigenvalue weighted by Crippen LogP contribution is 2.24.